The number of nitrogens with zero attached hydrogens (tertiary/aromatic N) is 1. The van der Waals surface area contributed by atoms with Gasteiger partial charge in [-0.3, -0.25) is 4.79 Å². The second-order valence-corrected chi connectivity index (χ2v) is 5.30. The number of primary amides is 1. The Morgan fingerprint density at radius 1 is 1.48 bits per heavy atom. The number of amides is 1. The second-order valence-electron chi connectivity index (χ2n) is 5.30. The second kappa shape index (κ2) is 6.65. The number of halogens is 1. The molecule has 0 aromatic heterocycles. The molecule has 1 unspecified atom stereocenters. The molecule has 1 aromatic rings. The van der Waals surface area contributed by atoms with Crippen molar-refractivity contribution >= 4 is 17.3 Å². The molecule has 1 aromatic carbocycles. The van der Waals surface area contributed by atoms with Crippen molar-refractivity contribution in [3.8, 4) is 5.75 Å². The normalized spacial score (nSPS) is 18.6. The lowest BCUT2D eigenvalue weighted by atomic mass is 10.00. The number of nitrogens with two attached hydrogens (primary N) is 2. The largest absolute Gasteiger partial charge is 0.490 e. The maximum atomic E-state index is 13.9. The van der Waals surface area contributed by atoms with Crippen LogP contribution in [0.3, 0.4) is 0 Å². The van der Waals surface area contributed by atoms with Gasteiger partial charge in [-0.25, -0.2) is 4.39 Å². The van der Waals surface area contributed by atoms with Crippen molar-refractivity contribution < 1.29 is 13.9 Å². The van der Waals surface area contributed by atoms with Gasteiger partial charge in [0.15, 0.2) is 11.6 Å². The molecule has 0 radical (unpaired) electrons. The first-order valence-electron chi connectivity index (χ1n) is 7.32. The van der Waals surface area contributed by atoms with Crippen LogP contribution in [-0.4, -0.2) is 25.1 Å². The van der Waals surface area contributed by atoms with Crippen molar-refractivity contribution in [3.05, 3.63) is 17.9 Å². The van der Waals surface area contributed by atoms with Crippen molar-refractivity contribution in [1.82, 2.24) is 0 Å². The topological polar surface area (TPSA) is 81.6 Å². The van der Waals surface area contributed by atoms with E-state index in [0.29, 0.717) is 30.9 Å². The van der Waals surface area contributed by atoms with Gasteiger partial charge < -0.3 is 21.1 Å². The number of carbonyl (C=O) groups is 1. The average Bonchev–Trinajstić information content (AvgIpc) is 2.46. The summed E-state index contributed by atoms with van der Waals surface area (Å²) in [5.74, 6) is -0.707. The summed E-state index contributed by atoms with van der Waals surface area (Å²) in [4.78, 5) is 13.5. The van der Waals surface area contributed by atoms with Crippen LogP contribution in [0.4, 0.5) is 15.8 Å². The maximum Gasteiger partial charge on any atom is 0.240 e. The monoisotopic (exact) mass is 295 g/mol. The zero-order valence-corrected chi connectivity index (χ0v) is 12.3. The quantitative estimate of drug-likeness (QED) is 0.814. The van der Waals surface area contributed by atoms with Gasteiger partial charge >= 0.3 is 0 Å². The first-order chi connectivity index (χ1) is 10.0. The molecule has 6 heteroatoms. The standard InChI is InChI=1S/C15H22FN3O2/c1-2-7-21-14-9-13(11(17)8-10(14)16)19-6-4-3-5-12(19)15(18)20/h8-9,12H,2-7,17H2,1H3,(H2,18,20). The molecule has 0 spiro atoms. The van der Waals surface area contributed by atoms with E-state index in [9.17, 15) is 9.18 Å². The fourth-order valence-electron chi connectivity index (χ4n) is 2.65. The molecule has 1 amide bonds. The van der Waals surface area contributed by atoms with Gasteiger partial charge in [-0.15, -0.1) is 0 Å². The molecule has 116 valence electrons. The minimum absolute atomic E-state index is 0.162. The van der Waals surface area contributed by atoms with Crippen molar-refractivity contribution in [2.24, 2.45) is 5.73 Å². The van der Waals surface area contributed by atoms with Crippen LogP contribution < -0.4 is 21.1 Å². The number of hydrogen-bond donors (Lipinski definition) is 2. The zero-order chi connectivity index (χ0) is 15.4. The Morgan fingerprint density at radius 2 is 2.24 bits per heavy atom. The predicted molar refractivity (Wildman–Crippen MR) is 80.8 cm³/mol. The van der Waals surface area contributed by atoms with Crippen LogP contribution in [0.1, 0.15) is 32.6 Å². The number of hydrogen-bond acceptors (Lipinski definition) is 4. The lowest BCUT2D eigenvalue weighted by molar-refractivity contribution is -0.119. The van der Waals surface area contributed by atoms with Gasteiger partial charge in [-0.05, 0) is 25.7 Å². The van der Waals surface area contributed by atoms with Crippen molar-refractivity contribution in [2.45, 2.75) is 38.6 Å². The van der Waals surface area contributed by atoms with Crippen LogP contribution in [0.2, 0.25) is 0 Å². The van der Waals surface area contributed by atoms with Crippen LogP contribution in [0, 0.1) is 5.82 Å². The molecule has 0 saturated carbocycles. The maximum absolute atomic E-state index is 13.9. The number of rotatable bonds is 5. The SMILES string of the molecule is CCCOc1cc(N2CCCCC2C(N)=O)c(N)cc1F. The van der Waals surface area contributed by atoms with E-state index in [-0.39, 0.29) is 11.7 Å². The molecule has 21 heavy (non-hydrogen) atoms. The van der Waals surface area contributed by atoms with Crippen LogP contribution >= 0.6 is 0 Å². The highest BCUT2D eigenvalue weighted by atomic mass is 19.1. The third-order valence-electron chi connectivity index (χ3n) is 3.68. The fourth-order valence-corrected chi connectivity index (χ4v) is 2.65. The molecular weight excluding hydrogens is 273 g/mol. The Balaban J connectivity index is 2.34. The van der Waals surface area contributed by atoms with Gasteiger partial charge in [-0.1, -0.05) is 6.92 Å². The molecule has 1 aliphatic rings. The highest BCUT2D eigenvalue weighted by molar-refractivity contribution is 5.86. The van der Waals surface area contributed by atoms with E-state index < -0.39 is 11.9 Å². The van der Waals surface area contributed by atoms with Crippen LogP contribution in [0.25, 0.3) is 0 Å². The van der Waals surface area contributed by atoms with E-state index >= 15 is 0 Å². The zero-order valence-electron chi connectivity index (χ0n) is 12.3. The van der Waals surface area contributed by atoms with E-state index in [1.165, 1.54) is 6.07 Å². The molecule has 1 saturated heterocycles. The van der Waals surface area contributed by atoms with E-state index in [4.69, 9.17) is 16.2 Å². The molecule has 1 fully saturated rings. The lowest BCUT2D eigenvalue weighted by Gasteiger charge is -2.36. The van der Waals surface area contributed by atoms with Crippen LogP contribution in [-0.2, 0) is 4.79 Å². The molecular formula is C15H22FN3O2. The van der Waals surface area contributed by atoms with Crippen LogP contribution in [0.15, 0.2) is 12.1 Å². The van der Waals surface area contributed by atoms with Gasteiger partial charge in [0.25, 0.3) is 0 Å². The highest BCUT2D eigenvalue weighted by Crippen LogP contribution is 2.34. The summed E-state index contributed by atoms with van der Waals surface area (Å²) >= 11 is 0. The first-order valence-corrected chi connectivity index (χ1v) is 7.32. The summed E-state index contributed by atoms with van der Waals surface area (Å²) in [6.07, 6.45) is 3.38. The Bertz CT molecular complexity index is 522. The Labute approximate surface area is 124 Å². The molecule has 4 N–H and O–H groups in total. The van der Waals surface area contributed by atoms with Crippen molar-refractivity contribution in [2.75, 3.05) is 23.8 Å². The number of carbonyl (C=O) groups excluding carboxylic acids is 1. The summed E-state index contributed by atoms with van der Waals surface area (Å²) < 4.78 is 19.3. The number of piperidine rings is 1. The van der Waals surface area contributed by atoms with E-state index in [0.717, 1.165) is 19.3 Å². The van der Waals surface area contributed by atoms with Crippen molar-refractivity contribution in [1.29, 1.82) is 0 Å². The van der Waals surface area contributed by atoms with E-state index in [2.05, 4.69) is 0 Å². The first kappa shape index (κ1) is 15.4. The number of benzene rings is 1. The molecule has 5 nitrogen and oxygen atoms in total. The Hall–Kier alpha value is -1.98. The Morgan fingerprint density at radius 3 is 2.90 bits per heavy atom. The number of nitrogen functional groups attached to an aromatic ring is 1. The van der Waals surface area contributed by atoms with Gasteiger partial charge in [-0.2, -0.15) is 0 Å². The van der Waals surface area contributed by atoms with E-state index in [1.807, 2.05) is 11.8 Å². The smallest absolute Gasteiger partial charge is 0.240 e. The summed E-state index contributed by atoms with van der Waals surface area (Å²) in [5, 5.41) is 0. The van der Waals surface area contributed by atoms with Gasteiger partial charge in [0, 0.05) is 18.7 Å². The lowest BCUT2D eigenvalue weighted by Crippen LogP contribution is -2.48. The summed E-state index contributed by atoms with van der Waals surface area (Å²) in [7, 11) is 0. The predicted octanol–water partition coefficient (Wildman–Crippen LogP) is 2.04. The molecule has 0 bridgehead atoms. The summed E-state index contributed by atoms with van der Waals surface area (Å²) in [5.41, 5.74) is 12.3. The van der Waals surface area contributed by atoms with E-state index in [1.54, 1.807) is 6.07 Å². The fraction of sp³-hybridized carbons (Fsp3) is 0.533. The summed E-state index contributed by atoms with van der Waals surface area (Å²) in [6.45, 7) is 3.06. The molecule has 0 aliphatic carbocycles. The third kappa shape index (κ3) is 3.37. The highest BCUT2D eigenvalue weighted by Gasteiger charge is 2.29. The minimum atomic E-state index is -0.489. The molecule has 1 aliphatic heterocycles. The van der Waals surface area contributed by atoms with Gasteiger partial charge in [0.2, 0.25) is 5.91 Å². The van der Waals surface area contributed by atoms with Crippen molar-refractivity contribution in [3.63, 3.8) is 0 Å². The summed E-state index contributed by atoms with van der Waals surface area (Å²) in [6, 6.07) is 2.42. The number of anilines is 2. The number of ether oxygens (including phenoxy) is 1. The van der Waals surface area contributed by atoms with Crippen LogP contribution in [0.5, 0.6) is 5.75 Å². The van der Waals surface area contributed by atoms with Gasteiger partial charge in [0.1, 0.15) is 6.04 Å². The third-order valence-corrected chi connectivity index (χ3v) is 3.68. The molecule has 2 rings (SSSR count). The average molecular weight is 295 g/mol. The molecule has 1 atom stereocenters. The Kier molecular flexibility index (Phi) is 4.88. The minimum Gasteiger partial charge on any atom is -0.490 e. The molecule has 1 heterocycles. The van der Waals surface area contributed by atoms with Gasteiger partial charge in [0.05, 0.1) is 18.0 Å².